The van der Waals surface area contributed by atoms with Crippen molar-refractivity contribution in [3.8, 4) is 5.75 Å². The predicted octanol–water partition coefficient (Wildman–Crippen LogP) is 1.18. The van der Waals surface area contributed by atoms with Gasteiger partial charge < -0.3 is 15.6 Å². The first-order valence-corrected chi connectivity index (χ1v) is 3.32. The van der Waals surface area contributed by atoms with Crippen LogP contribution in [-0.2, 0) is 4.74 Å². The minimum atomic E-state index is -0.597. The lowest BCUT2D eigenvalue weighted by Gasteiger charge is -2.03. The number of carbonyl (C=O) groups is 1. The third-order valence-electron chi connectivity index (χ3n) is 1.47. The van der Waals surface area contributed by atoms with Crippen molar-refractivity contribution >= 4 is 24.1 Å². The van der Waals surface area contributed by atoms with Crippen LogP contribution in [0.5, 0.6) is 5.75 Å². The number of halogens is 1. The summed E-state index contributed by atoms with van der Waals surface area (Å²) < 4.78 is 4.42. The molecule has 4 nitrogen and oxygen atoms in total. The third-order valence-corrected chi connectivity index (χ3v) is 1.47. The molecule has 1 aromatic rings. The van der Waals surface area contributed by atoms with Crippen molar-refractivity contribution in [2.75, 3.05) is 12.8 Å². The van der Waals surface area contributed by atoms with Gasteiger partial charge in [0.05, 0.1) is 12.8 Å². The van der Waals surface area contributed by atoms with E-state index in [9.17, 15) is 9.90 Å². The van der Waals surface area contributed by atoms with Gasteiger partial charge in [0.2, 0.25) is 0 Å². The lowest BCUT2D eigenvalue weighted by Crippen LogP contribution is -2.02. The number of hydrogen-bond acceptors (Lipinski definition) is 4. The van der Waals surface area contributed by atoms with Gasteiger partial charge in [-0.3, -0.25) is 0 Å². The van der Waals surface area contributed by atoms with Gasteiger partial charge in [-0.05, 0) is 12.1 Å². The van der Waals surface area contributed by atoms with Gasteiger partial charge in [-0.15, -0.1) is 12.4 Å². The molecule has 0 amide bonds. The van der Waals surface area contributed by atoms with E-state index in [1.807, 2.05) is 0 Å². The van der Waals surface area contributed by atoms with Crippen molar-refractivity contribution in [3.05, 3.63) is 23.8 Å². The largest absolute Gasteiger partial charge is 0.505 e. The molecule has 0 aromatic heterocycles. The fourth-order valence-corrected chi connectivity index (χ4v) is 0.836. The Morgan fingerprint density at radius 3 is 2.69 bits per heavy atom. The topological polar surface area (TPSA) is 72.5 Å². The van der Waals surface area contributed by atoms with E-state index in [4.69, 9.17) is 5.73 Å². The zero-order valence-corrected chi connectivity index (χ0v) is 7.80. The van der Waals surface area contributed by atoms with Crippen LogP contribution in [0, 0.1) is 0 Å². The van der Waals surface area contributed by atoms with Crippen molar-refractivity contribution in [2.45, 2.75) is 0 Å². The zero-order chi connectivity index (χ0) is 9.14. The van der Waals surface area contributed by atoms with Crippen molar-refractivity contribution in [1.82, 2.24) is 0 Å². The lowest BCUT2D eigenvalue weighted by molar-refractivity contribution is 0.0597. The van der Waals surface area contributed by atoms with Crippen LogP contribution in [-0.4, -0.2) is 18.2 Å². The number of ether oxygens (including phenoxy) is 1. The molecule has 0 aliphatic rings. The zero-order valence-electron chi connectivity index (χ0n) is 6.98. The Hall–Kier alpha value is -1.42. The maximum Gasteiger partial charge on any atom is 0.341 e. The Morgan fingerprint density at radius 1 is 1.54 bits per heavy atom. The number of phenolic OH excluding ortho intramolecular Hbond substituents is 1. The summed E-state index contributed by atoms with van der Waals surface area (Å²) in [5, 5.41) is 9.27. The maximum atomic E-state index is 10.9. The highest BCUT2D eigenvalue weighted by atomic mass is 35.5. The van der Waals surface area contributed by atoms with E-state index in [0.29, 0.717) is 0 Å². The number of phenols is 1. The molecular weight excluding hydrogens is 194 g/mol. The first-order chi connectivity index (χ1) is 5.66. The second-order valence-corrected chi connectivity index (χ2v) is 2.23. The summed E-state index contributed by atoms with van der Waals surface area (Å²) in [6, 6.07) is 4.51. The van der Waals surface area contributed by atoms with E-state index in [2.05, 4.69) is 4.74 Å². The van der Waals surface area contributed by atoms with Gasteiger partial charge in [0.25, 0.3) is 0 Å². The Morgan fingerprint density at radius 2 is 2.15 bits per heavy atom. The summed E-state index contributed by atoms with van der Waals surface area (Å²) >= 11 is 0. The molecule has 0 fully saturated rings. The molecule has 5 heteroatoms. The van der Waals surface area contributed by atoms with Crippen LogP contribution in [0.4, 0.5) is 5.69 Å². The Kier molecular flexibility index (Phi) is 4.07. The molecule has 0 saturated carbocycles. The van der Waals surface area contributed by atoms with Crippen LogP contribution in [0.25, 0.3) is 0 Å². The van der Waals surface area contributed by atoms with Crippen LogP contribution in [0.2, 0.25) is 0 Å². The van der Waals surface area contributed by atoms with E-state index >= 15 is 0 Å². The summed E-state index contributed by atoms with van der Waals surface area (Å²) in [6.07, 6.45) is 0. The van der Waals surface area contributed by atoms with Gasteiger partial charge in [-0.2, -0.15) is 0 Å². The van der Waals surface area contributed by atoms with E-state index in [0.717, 1.165) is 0 Å². The van der Waals surface area contributed by atoms with Crippen LogP contribution in [0.1, 0.15) is 10.4 Å². The number of methoxy groups -OCH3 is 1. The number of nitrogen functional groups attached to an aromatic ring is 1. The molecule has 3 N–H and O–H groups in total. The highest BCUT2D eigenvalue weighted by Gasteiger charge is 2.12. The average Bonchev–Trinajstić information content (AvgIpc) is 2.08. The molecule has 0 spiro atoms. The minimum Gasteiger partial charge on any atom is -0.505 e. The summed E-state index contributed by atoms with van der Waals surface area (Å²) in [6.45, 7) is 0. The number of esters is 1. The second kappa shape index (κ2) is 4.57. The fraction of sp³-hybridized carbons (Fsp3) is 0.125. The smallest absolute Gasteiger partial charge is 0.341 e. The Bertz CT molecular complexity index is 314. The van der Waals surface area contributed by atoms with Gasteiger partial charge in [0.15, 0.2) is 5.75 Å². The molecule has 72 valence electrons. The van der Waals surface area contributed by atoms with Crippen molar-refractivity contribution < 1.29 is 14.6 Å². The molecule has 0 unspecified atom stereocenters. The molecule has 0 radical (unpaired) electrons. The molecule has 13 heavy (non-hydrogen) atoms. The van der Waals surface area contributed by atoms with Crippen LogP contribution in [0.15, 0.2) is 18.2 Å². The van der Waals surface area contributed by atoms with Gasteiger partial charge in [-0.1, -0.05) is 6.07 Å². The molecular formula is C8H10ClNO3. The molecule has 0 heterocycles. The first kappa shape index (κ1) is 11.6. The monoisotopic (exact) mass is 203 g/mol. The molecule has 1 aromatic carbocycles. The number of nitrogens with two attached hydrogens (primary N) is 1. The van der Waals surface area contributed by atoms with Crippen molar-refractivity contribution in [2.24, 2.45) is 0 Å². The molecule has 0 aliphatic carbocycles. The minimum absolute atomic E-state index is 0. The van der Waals surface area contributed by atoms with E-state index in [1.54, 1.807) is 6.07 Å². The van der Waals surface area contributed by atoms with E-state index < -0.39 is 5.97 Å². The van der Waals surface area contributed by atoms with Crippen LogP contribution in [0.3, 0.4) is 0 Å². The molecule has 1 rings (SSSR count). The molecule has 0 saturated heterocycles. The number of hydrogen-bond donors (Lipinski definition) is 2. The number of rotatable bonds is 1. The number of benzene rings is 1. The van der Waals surface area contributed by atoms with Gasteiger partial charge in [0.1, 0.15) is 5.56 Å². The van der Waals surface area contributed by atoms with Gasteiger partial charge >= 0.3 is 5.97 Å². The summed E-state index contributed by atoms with van der Waals surface area (Å²) in [5.41, 5.74) is 5.60. The number of anilines is 1. The maximum absolute atomic E-state index is 10.9. The van der Waals surface area contributed by atoms with Crippen molar-refractivity contribution in [3.63, 3.8) is 0 Å². The summed E-state index contributed by atoms with van der Waals surface area (Å²) in [5.74, 6) is -0.829. The van der Waals surface area contributed by atoms with Gasteiger partial charge in [0, 0.05) is 0 Å². The number of para-hydroxylation sites is 1. The Labute approximate surface area is 81.7 Å². The van der Waals surface area contributed by atoms with Gasteiger partial charge in [-0.25, -0.2) is 4.79 Å². The van der Waals surface area contributed by atoms with Crippen molar-refractivity contribution in [1.29, 1.82) is 0 Å². The first-order valence-electron chi connectivity index (χ1n) is 3.32. The van der Waals surface area contributed by atoms with E-state index in [1.165, 1.54) is 19.2 Å². The molecule has 0 atom stereocenters. The normalized spacial score (nSPS) is 8.69. The highest BCUT2D eigenvalue weighted by Crippen LogP contribution is 2.24. The lowest BCUT2D eigenvalue weighted by atomic mass is 10.2. The molecule has 0 aliphatic heterocycles. The highest BCUT2D eigenvalue weighted by molar-refractivity contribution is 5.94. The van der Waals surface area contributed by atoms with E-state index in [-0.39, 0.29) is 29.4 Å². The van der Waals surface area contributed by atoms with Crippen LogP contribution < -0.4 is 5.73 Å². The average molecular weight is 204 g/mol. The second-order valence-electron chi connectivity index (χ2n) is 2.23. The number of carbonyl (C=O) groups excluding carboxylic acids is 1. The predicted molar refractivity (Wildman–Crippen MR) is 51.1 cm³/mol. The fourth-order valence-electron chi connectivity index (χ4n) is 0.836. The Balaban J connectivity index is 0.00000144. The SMILES string of the molecule is COC(=O)c1cccc(N)c1O.Cl. The quantitative estimate of drug-likeness (QED) is 0.409. The molecule has 0 bridgehead atoms. The summed E-state index contributed by atoms with van der Waals surface area (Å²) in [7, 11) is 1.24. The standard InChI is InChI=1S/C8H9NO3.ClH/c1-12-8(11)5-3-2-4-6(9)7(5)10;/h2-4,10H,9H2,1H3;1H. The number of aromatic hydroxyl groups is 1. The third kappa shape index (κ3) is 2.26. The summed E-state index contributed by atoms with van der Waals surface area (Å²) in [4.78, 5) is 10.9. The van der Waals surface area contributed by atoms with Crippen LogP contribution >= 0.6 is 12.4 Å².